The number of hydrogen-bond donors (Lipinski definition) is 1. The van der Waals surface area contributed by atoms with Gasteiger partial charge in [-0.05, 0) is 38.5 Å². The molecule has 0 spiro atoms. The Balaban J connectivity index is 1.72. The quantitative estimate of drug-likeness (QED) is 0.591. The second kappa shape index (κ2) is 7.23. The van der Waals surface area contributed by atoms with E-state index in [0.717, 1.165) is 39.4 Å². The van der Waals surface area contributed by atoms with Gasteiger partial charge < -0.3 is 5.32 Å². The molecule has 4 rings (SSSR count). The number of anilines is 1. The summed E-state index contributed by atoms with van der Waals surface area (Å²) in [6.45, 7) is 5.91. The Bertz CT molecular complexity index is 1150. The smallest absolute Gasteiger partial charge is 0.228 e. The molecule has 0 radical (unpaired) electrons. The molecule has 3 heterocycles. The van der Waals surface area contributed by atoms with E-state index in [9.17, 15) is 4.79 Å². The Morgan fingerprint density at radius 3 is 2.54 bits per heavy atom. The Labute approximate surface area is 163 Å². The maximum atomic E-state index is 12.5. The van der Waals surface area contributed by atoms with Gasteiger partial charge in [0.15, 0.2) is 5.65 Å². The van der Waals surface area contributed by atoms with E-state index >= 15 is 0 Å². The highest BCUT2D eigenvalue weighted by atomic mass is 16.1. The SMILES string of the molecule is Cc1nc2c(-c3ccccc3)c(C)nn2c(C)c1CC(=O)Nc1cccnc1. The van der Waals surface area contributed by atoms with E-state index in [1.54, 1.807) is 18.5 Å². The summed E-state index contributed by atoms with van der Waals surface area (Å²) in [6, 6.07) is 13.7. The van der Waals surface area contributed by atoms with Crippen LogP contribution in [0.5, 0.6) is 0 Å². The van der Waals surface area contributed by atoms with Crippen LogP contribution in [0.2, 0.25) is 0 Å². The lowest BCUT2D eigenvalue weighted by atomic mass is 10.1. The zero-order valence-electron chi connectivity index (χ0n) is 16.1. The first-order chi connectivity index (χ1) is 13.5. The fourth-order valence-corrected chi connectivity index (χ4v) is 3.47. The van der Waals surface area contributed by atoms with Gasteiger partial charge in [0.05, 0.1) is 24.0 Å². The third kappa shape index (κ3) is 3.24. The number of benzene rings is 1. The summed E-state index contributed by atoms with van der Waals surface area (Å²) in [7, 11) is 0. The van der Waals surface area contributed by atoms with E-state index in [1.807, 2.05) is 49.6 Å². The van der Waals surface area contributed by atoms with E-state index in [1.165, 1.54) is 0 Å². The van der Waals surface area contributed by atoms with Crippen molar-refractivity contribution in [2.24, 2.45) is 0 Å². The highest BCUT2D eigenvalue weighted by Gasteiger charge is 2.19. The summed E-state index contributed by atoms with van der Waals surface area (Å²) in [5, 5.41) is 7.57. The highest BCUT2D eigenvalue weighted by Crippen LogP contribution is 2.29. The van der Waals surface area contributed by atoms with Gasteiger partial charge in [-0.25, -0.2) is 9.50 Å². The normalized spacial score (nSPS) is 11.0. The predicted octanol–water partition coefficient (Wildman–Crippen LogP) is 3.90. The van der Waals surface area contributed by atoms with Gasteiger partial charge in [-0.1, -0.05) is 30.3 Å². The van der Waals surface area contributed by atoms with E-state index in [-0.39, 0.29) is 12.3 Å². The van der Waals surface area contributed by atoms with Crippen molar-refractivity contribution in [2.45, 2.75) is 27.2 Å². The second-order valence-corrected chi connectivity index (χ2v) is 6.79. The van der Waals surface area contributed by atoms with Crippen molar-refractivity contribution in [2.75, 3.05) is 5.32 Å². The van der Waals surface area contributed by atoms with Gasteiger partial charge in [0.2, 0.25) is 5.91 Å². The van der Waals surface area contributed by atoms with E-state index in [2.05, 4.69) is 22.4 Å². The lowest BCUT2D eigenvalue weighted by Crippen LogP contribution is -2.17. The average molecular weight is 371 g/mol. The molecule has 0 aliphatic heterocycles. The van der Waals surface area contributed by atoms with Gasteiger partial charge in [0.25, 0.3) is 0 Å². The zero-order valence-corrected chi connectivity index (χ0v) is 16.1. The minimum atomic E-state index is -0.104. The molecular weight excluding hydrogens is 350 g/mol. The maximum absolute atomic E-state index is 12.5. The second-order valence-electron chi connectivity index (χ2n) is 6.79. The van der Waals surface area contributed by atoms with Gasteiger partial charge in [-0.3, -0.25) is 9.78 Å². The first-order valence-electron chi connectivity index (χ1n) is 9.15. The number of nitrogens with zero attached hydrogens (tertiary/aromatic N) is 4. The van der Waals surface area contributed by atoms with E-state index in [4.69, 9.17) is 10.1 Å². The van der Waals surface area contributed by atoms with Crippen LogP contribution in [0.4, 0.5) is 5.69 Å². The number of aromatic nitrogens is 4. The van der Waals surface area contributed by atoms with Crippen molar-refractivity contribution >= 4 is 17.2 Å². The van der Waals surface area contributed by atoms with Crippen LogP contribution in [0, 0.1) is 20.8 Å². The number of carbonyl (C=O) groups is 1. The fraction of sp³-hybridized carbons (Fsp3) is 0.182. The minimum Gasteiger partial charge on any atom is -0.324 e. The highest BCUT2D eigenvalue weighted by molar-refractivity contribution is 5.92. The predicted molar refractivity (Wildman–Crippen MR) is 109 cm³/mol. The van der Waals surface area contributed by atoms with Crippen LogP contribution in [0.3, 0.4) is 0 Å². The molecule has 28 heavy (non-hydrogen) atoms. The van der Waals surface area contributed by atoms with E-state index < -0.39 is 0 Å². The van der Waals surface area contributed by atoms with Gasteiger partial charge in [-0.15, -0.1) is 0 Å². The summed E-state index contributed by atoms with van der Waals surface area (Å²) in [6.07, 6.45) is 3.53. The molecule has 3 aromatic heterocycles. The van der Waals surface area contributed by atoms with Gasteiger partial charge in [-0.2, -0.15) is 5.10 Å². The standard InChI is InChI=1S/C22H21N5O/c1-14-19(12-20(28)25-18-10-7-11-23-13-18)16(3)27-22(24-14)21(15(2)26-27)17-8-5-4-6-9-17/h4-11,13H,12H2,1-3H3,(H,25,28). The van der Waals surface area contributed by atoms with Crippen molar-refractivity contribution in [1.82, 2.24) is 19.6 Å². The van der Waals surface area contributed by atoms with Crippen molar-refractivity contribution in [3.05, 3.63) is 77.5 Å². The van der Waals surface area contributed by atoms with Gasteiger partial charge in [0.1, 0.15) is 0 Å². The van der Waals surface area contributed by atoms with Crippen LogP contribution in [-0.4, -0.2) is 25.5 Å². The third-order valence-corrected chi connectivity index (χ3v) is 4.85. The number of amides is 1. The number of nitrogens with one attached hydrogen (secondary N) is 1. The van der Waals surface area contributed by atoms with Crippen LogP contribution < -0.4 is 5.32 Å². The van der Waals surface area contributed by atoms with Gasteiger partial charge >= 0.3 is 0 Å². The molecule has 0 fully saturated rings. The summed E-state index contributed by atoms with van der Waals surface area (Å²) in [5.41, 5.74) is 7.17. The lowest BCUT2D eigenvalue weighted by molar-refractivity contribution is -0.115. The molecule has 0 unspecified atom stereocenters. The molecule has 0 saturated heterocycles. The topological polar surface area (TPSA) is 72.2 Å². The van der Waals surface area contributed by atoms with Crippen LogP contribution in [0.15, 0.2) is 54.9 Å². The monoisotopic (exact) mass is 371 g/mol. The van der Waals surface area contributed by atoms with Crippen molar-refractivity contribution in [3.63, 3.8) is 0 Å². The molecule has 0 atom stereocenters. The van der Waals surface area contributed by atoms with Crippen LogP contribution >= 0.6 is 0 Å². The molecule has 0 saturated carbocycles. The Morgan fingerprint density at radius 1 is 1.04 bits per heavy atom. The molecule has 6 heteroatoms. The van der Waals surface area contributed by atoms with Gasteiger partial charge in [0, 0.05) is 28.7 Å². The average Bonchev–Trinajstić information content (AvgIpc) is 3.02. The molecule has 6 nitrogen and oxygen atoms in total. The van der Waals surface area contributed by atoms with Crippen LogP contribution in [0.25, 0.3) is 16.8 Å². The number of fused-ring (bicyclic) bond motifs is 1. The van der Waals surface area contributed by atoms with Crippen LogP contribution in [-0.2, 0) is 11.2 Å². The van der Waals surface area contributed by atoms with Crippen molar-refractivity contribution < 1.29 is 4.79 Å². The molecule has 0 aliphatic carbocycles. The number of aryl methyl sites for hydroxylation is 3. The Kier molecular flexibility index (Phi) is 4.61. The molecule has 0 bridgehead atoms. The number of rotatable bonds is 4. The number of pyridine rings is 1. The lowest BCUT2D eigenvalue weighted by Gasteiger charge is -2.12. The first kappa shape index (κ1) is 17.9. The molecular formula is C22H21N5O. The Morgan fingerprint density at radius 2 is 1.82 bits per heavy atom. The van der Waals surface area contributed by atoms with E-state index in [0.29, 0.717) is 5.69 Å². The van der Waals surface area contributed by atoms with Crippen LogP contribution in [0.1, 0.15) is 22.6 Å². The minimum absolute atomic E-state index is 0.104. The molecule has 1 aromatic carbocycles. The molecule has 1 amide bonds. The fourth-order valence-electron chi connectivity index (χ4n) is 3.47. The molecule has 140 valence electrons. The first-order valence-corrected chi connectivity index (χ1v) is 9.15. The number of hydrogen-bond acceptors (Lipinski definition) is 4. The summed E-state index contributed by atoms with van der Waals surface area (Å²) in [4.78, 5) is 21.3. The van der Waals surface area contributed by atoms with Crippen molar-refractivity contribution in [1.29, 1.82) is 0 Å². The Hall–Kier alpha value is -3.54. The summed E-state index contributed by atoms with van der Waals surface area (Å²) >= 11 is 0. The molecule has 1 N–H and O–H groups in total. The maximum Gasteiger partial charge on any atom is 0.228 e. The van der Waals surface area contributed by atoms with Crippen molar-refractivity contribution in [3.8, 4) is 11.1 Å². The zero-order chi connectivity index (χ0) is 19.7. The number of carbonyl (C=O) groups excluding carboxylic acids is 1. The summed E-state index contributed by atoms with van der Waals surface area (Å²) in [5.74, 6) is -0.104. The summed E-state index contributed by atoms with van der Waals surface area (Å²) < 4.78 is 1.84. The third-order valence-electron chi connectivity index (χ3n) is 4.85. The largest absolute Gasteiger partial charge is 0.324 e. The molecule has 0 aliphatic rings. The molecule has 4 aromatic rings.